The van der Waals surface area contributed by atoms with Crippen molar-refractivity contribution in [3.8, 4) is 0 Å². The molecule has 2 atom stereocenters. The van der Waals surface area contributed by atoms with Gasteiger partial charge in [-0.05, 0) is 0 Å². The zero-order valence-corrected chi connectivity index (χ0v) is 18.9. The monoisotopic (exact) mass is 502 g/mol. The number of hydrogen-bond donors (Lipinski definition) is 0. The summed E-state index contributed by atoms with van der Waals surface area (Å²) in [7, 11) is 0. The highest BCUT2D eigenvalue weighted by Gasteiger charge is 2.66. The molecule has 0 aromatic heterocycles. The summed E-state index contributed by atoms with van der Waals surface area (Å²) in [6, 6.07) is 0. The van der Waals surface area contributed by atoms with Gasteiger partial charge in [0.15, 0.2) is 0 Å². The molecule has 0 amide bonds. The molecule has 0 saturated carbocycles. The van der Waals surface area contributed by atoms with Crippen molar-refractivity contribution in [3.05, 3.63) is 0 Å². The van der Waals surface area contributed by atoms with Gasteiger partial charge in [-0.25, -0.2) is 8.78 Å². The van der Waals surface area contributed by atoms with Gasteiger partial charge in [-0.2, -0.15) is 26.3 Å². The molecule has 2 heterocycles. The summed E-state index contributed by atoms with van der Waals surface area (Å²) in [6.45, 7) is 3.55. The fourth-order valence-electron chi connectivity index (χ4n) is 4.08. The molecule has 2 rings (SSSR count). The fraction of sp³-hybridized carbons (Fsp3) is 1.00. The fourth-order valence-corrected chi connectivity index (χ4v) is 4.08. The Morgan fingerprint density at radius 3 is 1.03 bits per heavy atom. The van der Waals surface area contributed by atoms with E-state index in [-0.39, 0.29) is 26.2 Å². The Hall–Kier alpha value is -0.800. The summed E-state index contributed by atoms with van der Waals surface area (Å²) in [6.07, 6.45) is -17.6. The van der Waals surface area contributed by atoms with Crippen LogP contribution in [-0.2, 0) is 18.9 Å². The van der Waals surface area contributed by atoms with Gasteiger partial charge in [0, 0.05) is 26.2 Å². The van der Waals surface area contributed by atoms with Crippen LogP contribution in [0.5, 0.6) is 0 Å². The molecule has 0 bridgehead atoms. The highest BCUT2D eigenvalue weighted by Crippen LogP contribution is 2.46. The van der Waals surface area contributed by atoms with Crippen LogP contribution in [-0.4, -0.2) is 98.9 Å². The molecule has 2 fully saturated rings. The van der Waals surface area contributed by atoms with Crippen molar-refractivity contribution in [2.45, 2.75) is 64.2 Å². The highest BCUT2D eigenvalue weighted by atomic mass is 19.4. The van der Waals surface area contributed by atoms with E-state index in [2.05, 4.69) is 0 Å². The summed E-state index contributed by atoms with van der Waals surface area (Å²) < 4.78 is 130. The second kappa shape index (κ2) is 10.1. The quantitative estimate of drug-likeness (QED) is 0.470. The Morgan fingerprint density at radius 1 is 0.606 bits per heavy atom. The molecule has 33 heavy (non-hydrogen) atoms. The van der Waals surface area contributed by atoms with Crippen LogP contribution in [0, 0.1) is 5.41 Å². The smallest absolute Gasteiger partial charge is 0.334 e. The first kappa shape index (κ1) is 28.4. The van der Waals surface area contributed by atoms with Gasteiger partial charge in [-0.1, -0.05) is 27.7 Å². The minimum Gasteiger partial charge on any atom is -0.334 e. The Morgan fingerprint density at radius 2 is 0.848 bits per heavy atom. The molecule has 2 aliphatic rings. The molecule has 0 aromatic rings. The van der Waals surface area contributed by atoms with Gasteiger partial charge in [0.05, 0.1) is 31.8 Å². The summed E-state index contributed by atoms with van der Waals surface area (Å²) in [5.74, 6) is -5.54. The van der Waals surface area contributed by atoms with Crippen LogP contribution in [0.15, 0.2) is 0 Å². The van der Waals surface area contributed by atoms with Gasteiger partial charge < -0.3 is 18.9 Å². The van der Waals surface area contributed by atoms with Crippen LogP contribution in [0.2, 0.25) is 0 Å². The zero-order chi connectivity index (χ0) is 25.3. The Labute approximate surface area is 187 Å². The Balaban J connectivity index is 2.27. The van der Waals surface area contributed by atoms with E-state index in [0.717, 1.165) is 9.80 Å². The van der Waals surface area contributed by atoms with Crippen molar-refractivity contribution in [3.63, 3.8) is 0 Å². The number of halogens is 8. The van der Waals surface area contributed by atoms with E-state index < -0.39 is 68.4 Å². The van der Waals surface area contributed by atoms with Crippen LogP contribution in [0.3, 0.4) is 0 Å². The number of ether oxygens (including phenoxy) is 4. The third kappa shape index (κ3) is 5.25. The molecular weight excluding hydrogens is 472 g/mol. The van der Waals surface area contributed by atoms with Crippen molar-refractivity contribution in [2.75, 3.05) is 52.6 Å². The van der Waals surface area contributed by atoms with Crippen molar-refractivity contribution < 1.29 is 54.1 Å². The minimum absolute atomic E-state index is 0.0345. The normalized spacial score (nSPS) is 33.6. The molecular formula is C19H30F8N2O4. The lowest BCUT2D eigenvalue weighted by atomic mass is 9.89. The lowest BCUT2D eigenvalue weighted by molar-refractivity contribution is -0.458. The van der Waals surface area contributed by atoms with Gasteiger partial charge >= 0.3 is 12.4 Å². The number of nitrogens with zero attached hydrogens (tertiary/aromatic N) is 2. The van der Waals surface area contributed by atoms with E-state index in [4.69, 9.17) is 18.9 Å². The second-order valence-corrected chi connectivity index (χ2v) is 8.07. The SMILES string of the molecule is CCN(CC)C1([C@@H](F)C(F)(F)F)OCC2(CO1)COC([C@@H](F)C(F)(F)F)(N(CC)CC)OC2. The van der Waals surface area contributed by atoms with Crippen LogP contribution < -0.4 is 0 Å². The zero-order valence-electron chi connectivity index (χ0n) is 18.9. The predicted molar refractivity (Wildman–Crippen MR) is 99.4 cm³/mol. The Kier molecular flexibility index (Phi) is 8.66. The molecule has 0 unspecified atom stereocenters. The van der Waals surface area contributed by atoms with Crippen LogP contribution in [0.4, 0.5) is 35.1 Å². The molecule has 0 N–H and O–H groups in total. The van der Waals surface area contributed by atoms with Crippen molar-refractivity contribution >= 4 is 0 Å². The first-order chi connectivity index (χ1) is 15.2. The topological polar surface area (TPSA) is 43.4 Å². The van der Waals surface area contributed by atoms with Crippen LogP contribution in [0.1, 0.15) is 27.7 Å². The van der Waals surface area contributed by atoms with Crippen molar-refractivity contribution in [2.24, 2.45) is 5.41 Å². The number of alkyl halides is 8. The van der Waals surface area contributed by atoms with E-state index in [9.17, 15) is 35.1 Å². The molecule has 1 spiro atoms. The first-order valence-electron chi connectivity index (χ1n) is 10.7. The van der Waals surface area contributed by atoms with Crippen molar-refractivity contribution in [1.29, 1.82) is 0 Å². The molecule has 2 saturated heterocycles. The maximum absolute atomic E-state index is 14.5. The van der Waals surface area contributed by atoms with Gasteiger partial charge in [-0.15, -0.1) is 0 Å². The number of rotatable bonds is 8. The molecule has 0 aliphatic carbocycles. The first-order valence-corrected chi connectivity index (χ1v) is 10.7. The third-order valence-corrected chi connectivity index (χ3v) is 5.96. The average Bonchev–Trinajstić information content (AvgIpc) is 2.76. The van der Waals surface area contributed by atoms with Gasteiger partial charge in [0.2, 0.25) is 0 Å². The lowest BCUT2D eigenvalue weighted by Gasteiger charge is -2.55. The van der Waals surface area contributed by atoms with E-state index >= 15 is 0 Å². The third-order valence-electron chi connectivity index (χ3n) is 5.96. The highest BCUT2D eigenvalue weighted by molar-refractivity contribution is 4.96. The van der Waals surface area contributed by atoms with Gasteiger partial charge in [0.25, 0.3) is 24.2 Å². The molecule has 6 nitrogen and oxygen atoms in total. The summed E-state index contributed by atoms with van der Waals surface area (Å²) in [5, 5.41) is 0. The van der Waals surface area contributed by atoms with Crippen LogP contribution in [0.25, 0.3) is 0 Å². The molecule has 196 valence electrons. The summed E-state index contributed by atoms with van der Waals surface area (Å²) in [5.41, 5.74) is -1.36. The van der Waals surface area contributed by atoms with Crippen LogP contribution >= 0.6 is 0 Å². The van der Waals surface area contributed by atoms with Crippen molar-refractivity contribution in [1.82, 2.24) is 9.80 Å². The standard InChI is InChI=1S/C19H30F8N2O4/c1-5-28(6-2)18(13(20)16(22,23)24)30-9-15(10-31-18)11-32-19(33-12-15,29(7-3)8-4)14(21)17(25,26)27/h13-14H,5-12H2,1-4H3/t13-,14-,15?,18?,19?/m0/s1. The minimum atomic E-state index is -5.29. The van der Waals surface area contributed by atoms with Gasteiger partial charge in [-0.3, -0.25) is 9.80 Å². The summed E-state index contributed by atoms with van der Waals surface area (Å²) in [4.78, 5) is 2.04. The summed E-state index contributed by atoms with van der Waals surface area (Å²) >= 11 is 0. The number of hydrogen-bond acceptors (Lipinski definition) is 6. The Bertz CT molecular complexity index is 567. The van der Waals surface area contributed by atoms with E-state index in [1.807, 2.05) is 0 Å². The van der Waals surface area contributed by atoms with Gasteiger partial charge in [0.1, 0.15) is 0 Å². The predicted octanol–water partition coefficient (Wildman–Crippen LogP) is 3.86. The second-order valence-electron chi connectivity index (χ2n) is 8.07. The molecule has 0 aromatic carbocycles. The average molecular weight is 502 g/mol. The van der Waals surface area contributed by atoms with E-state index in [1.54, 1.807) is 0 Å². The maximum Gasteiger partial charge on any atom is 0.426 e. The molecule has 14 heteroatoms. The largest absolute Gasteiger partial charge is 0.426 e. The van der Waals surface area contributed by atoms with E-state index in [1.165, 1.54) is 27.7 Å². The lowest BCUT2D eigenvalue weighted by Crippen LogP contribution is -2.71. The van der Waals surface area contributed by atoms with E-state index in [0.29, 0.717) is 0 Å². The molecule has 2 aliphatic heterocycles. The maximum atomic E-state index is 14.5. The molecule has 0 radical (unpaired) electrons.